The highest BCUT2D eigenvalue weighted by molar-refractivity contribution is 7.98. The van der Waals surface area contributed by atoms with Crippen LogP contribution in [0.4, 0.5) is 5.88 Å². The van der Waals surface area contributed by atoms with Crippen LogP contribution in [0.3, 0.4) is 0 Å². The Bertz CT molecular complexity index is 1230. The topological polar surface area (TPSA) is 84.6 Å². The summed E-state index contributed by atoms with van der Waals surface area (Å²) in [5.74, 6) is 0.994. The van der Waals surface area contributed by atoms with Crippen molar-refractivity contribution in [2.24, 2.45) is 0 Å². The average molecular weight is 449 g/mol. The molecule has 0 spiro atoms. The van der Waals surface area contributed by atoms with E-state index in [1.807, 2.05) is 25.3 Å². The summed E-state index contributed by atoms with van der Waals surface area (Å²) in [7, 11) is 1.52. The molecule has 1 aromatic heterocycles. The van der Waals surface area contributed by atoms with E-state index in [2.05, 4.69) is 34.7 Å². The number of methoxy groups -OCH3 is 1. The van der Waals surface area contributed by atoms with Gasteiger partial charge in [0.25, 0.3) is 0 Å². The lowest BCUT2D eigenvalue weighted by Crippen LogP contribution is -2.29. The molecule has 0 saturated carbocycles. The zero-order chi connectivity index (χ0) is 22.4. The molecule has 2 atom stereocenters. The number of fused-ring (bicyclic) bond motifs is 1. The maximum Gasteiger partial charge on any atom is 0.233 e. The zero-order valence-electron chi connectivity index (χ0n) is 18.1. The van der Waals surface area contributed by atoms with Crippen LogP contribution in [0, 0.1) is 6.92 Å². The number of hydrogen-bond donors (Lipinski definition) is 2. The van der Waals surface area contributed by atoms with Crippen molar-refractivity contribution in [3.8, 4) is 11.5 Å². The minimum atomic E-state index is -0.203. The molecule has 5 rings (SSSR count). The van der Waals surface area contributed by atoms with Gasteiger partial charge in [0.1, 0.15) is 0 Å². The molecule has 2 aromatic carbocycles. The molecule has 164 valence electrons. The van der Waals surface area contributed by atoms with E-state index < -0.39 is 0 Å². The molecule has 32 heavy (non-hydrogen) atoms. The Balaban J connectivity index is 1.58. The highest BCUT2D eigenvalue weighted by Gasteiger charge is 2.41. The van der Waals surface area contributed by atoms with Gasteiger partial charge in [-0.3, -0.25) is 4.79 Å². The Kier molecular flexibility index (Phi) is 5.21. The number of thioether (sulfide) groups is 1. The van der Waals surface area contributed by atoms with E-state index in [1.165, 1.54) is 12.0 Å². The number of nitrogens with one attached hydrogen (secondary N) is 1. The smallest absolute Gasteiger partial charge is 0.233 e. The van der Waals surface area contributed by atoms with Gasteiger partial charge in [-0.1, -0.05) is 23.4 Å². The minimum Gasteiger partial charge on any atom is -0.504 e. The lowest BCUT2D eigenvalue weighted by atomic mass is 9.72. The fraction of sp³-hybridized carbons (Fsp3) is 0.280. The Morgan fingerprint density at radius 1 is 1.16 bits per heavy atom. The average Bonchev–Trinajstić information content (AvgIpc) is 3.18. The molecular formula is C25H24N2O4S. The molecule has 0 unspecified atom stereocenters. The van der Waals surface area contributed by atoms with E-state index in [9.17, 15) is 9.90 Å². The second-order valence-electron chi connectivity index (χ2n) is 8.19. The standard InChI is InChI=1S/C25H24N2O4S/c1-13-22-23(14-4-7-17(32-3)8-5-14)24-18(26-25(22)31-27-13)10-16(11-20(24)29)15-6-9-19(28)21(12-15)30-2/h4-9,12,16,23,26,28H,10-11H2,1-3H3/t16-,23-/m1/s1. The van der Waals surface area contributed by atoms with E-state index in [-0.39, 0.29) is 23.4 Å². The van der Waals surface area contributed by atoms with Gasteiger partial charge in [0.15, 0.2) is 17.3 Å². The van der Waals surface area contributed by atoms with Crippen LogP contribution < -0.4 is 10.1 Å². The van der Waals surface area contributed by atoms with Gasteiger partial charge in [-0.25, -0.2) is 0 Å². The number of aryl methyl sites for hydroxylation is 1. The second-order valence-corrected chi connectivity index (χ2v) is 9.07. The van der Waals surface area contributed by atoms with Crippen LogP contribution in [0.2, 0.25) is 0 Å². The van der Waals surface area contributed by atoms with Gasteiger partial charge in [-0.2, -0.15) is 0 Å². The third-order valence-electron chi connectivity index (χ3n) is 6.38. The van der Waals surface area contributed by atoms with Gasteiger partial charge in [-0.05, 0) is 60.9 Å². The van der Waals surface area contributed by atoms with Crippen molar-refractivity contribution in [3.63, 3.8) is 0 Å². The van der Waals surface area contributed by atoms with Crippen LogP contribution in [0.5, 0.6) is 11.5 Å². The minimum absolute atomic E-state index is 0.0201. The van der Waals surface area contributed by atoms with Gasteiger partial charge in [-0.15, -0.1) is 11.8 Å². The summed E-state index contributed by atoms with van der Waals surface area (Å²) in [6.45, 7) is 1.91. The number of aromatic hydroxyl groups is 1. The van der Waals surface area contributed by atoms with Crippen LogP contribution in [0.15, 0.2) is 63.2 Å². The van der Waals surface area contributed by atoms with Gasteiger partial charge in [0, 0.05) is 28.5 Å². The van der Waals surface area contributed by atoms with Crippen LogP contribution in [0.25, 0.3) is 0 Å². The van der Waals surface area contributed by atoms with E-state index in [4.69, 9.17) is 9.26 Å². The number of nitrogens with zero attached hydrogens (tertiary/aromatic N) is 1. The summed E-state index contributed by atoms with van der Waals surface area (Å²) in [6, 6.07) is 13.6. The van der Waals surface area contributed by atoms with Crippen molar-refractivity contribution in [2.75, 3.05) is 18.7 Å². The van der Waals surface area contributed by atoms with Gasteiger partial charge in [0.05, 0.1) is 18.4 Å². The number of carbonyl (C=O) groups is 1. The first kappa shape index (κ1) is 20.7. The molecule has 0 radical (unpaired) electrons. The number of anilines is 1. The number of hydrogen-bond acceptors (Lipinski definition) is 7. The summed E-state index contributed by atoms with van der Waals surface area (Å²) in [6.07, 6.45) is 3.10. The number of benzene rings is 2. The van der Waals surface area contributed by atoms with Crippen molar-refractivity contribution in [1.29, 1.82) is 0 Å². The summed E-state index contributed by atoms with van der Waals surface area (Å²) in [5, 5.41) is 17.5. The lowest BCUT2D eigenvalue weighted by molar-refractivity contribution is -0.116. The summed E-state index contributed by atoms with van der Waals surface area (Å²) < 4.78 is 10.9. The predicted octanol–water partition coefficient (Wildman–Crippen LogP) is 5.38. The molecule has 0 amide bonds. The Morgan fingerprint density at radius 3 is 2.62 bits per heavy atom. The Labute approximate surface area is 190 Å². The number of carbonyl (C=O) groups excluding carboxylic acids is 1. The molecular weight excluding hydrogens is 424 g/mol. The number of aromatic nitrogens is 1. The second kappa shape index (κ2) is 8.06. The van der Waals surface area contributed by atoms with Crippen LogP contribution in [-0.4, -0.2) is 29.4 Å². The van der Waals surface area contributed by atoms with Gasteiger partial charge in [0.2, 0.25) is 5.88 Å². The first-order chi connectivity index (χ1) is 15.5. The molecule has 0 bridgehead atoms. The van der Waals surface area contributed by atoms with Crippen LogP contribution >= 0.6 is 11.8 Å². The molecule has 0 fully saturated rings. The maximum absolute atomic E-state index is 13.5. The number of ether oxygens (including phenoxy) is 1. The largest absolute Gasteiger partial charge is 0.504 e. The summed E-state index contributed by atoms with van der Waals surface area (Å²) >= 11 is 1.69. The van der Waals surface area contributed by atoms with Crippen LogP contribution in [-0.2, 0) is 4.79 Å². The first-order valence-electron chi connectivity index (χ1n) is 10.5. The first-order valence-corrected chi connectivity index (χ1v) is 11.7. The van der Waals surface area contributed by atoms with E-state index in [1.54, 1.807) is 17.8 Å². The molecule has 0 saturated heterocycles. The molecule has 2 N–H and O–H groups in total. The van der Waals surface area contributed by atoms with Crippen molar-refractivity contribution in [1.82, 2.24) is 5.16 Å². The Hall–Kier alpha value is -3.19. The van der Waals surface area contributed by atoms with Crippen molar-refractivity contribution < 1.29 is 19.2 Å². The summed E-state index contributed by atoms with van der Waals surface area (Å²) in [5.41, 5.74) is 5.41. The molecule has 1 aliphatic carbocycles. The number of Topliss-reactive ketones (excluding diaryl/α,β-unsaturated/α-hetero) is 1. The third-order valence-corrected chi connectivity index (χ3v) is 7.13. The number of allylic oxidation sites excluding steroid dienone is 2. The number of ketones is 1. The van der Waals surface area contributed by atoms with Gasteiger partial charge >= 0.3 is 0 Å². The molecule has 2 aliphatic rings. The fourth-order valence-electron chi connectivity index (χ4n) is 4.79. The zero-order valence-corrected chi connectivity index (χ0v) is 19.0. The highest BCUT2D eigenvalue weighted by atomic mass is 32.2. The highest BCUT2D eigenvalue weighted by Crippen LogP contribution is 2.49. The predicted molar refractivity (Wildman–Crippen MR) is 124 cm³/mol. The quantitative estimate of drug-likeness (QED) is 0.519. The SMILES string of the molecule is COc1cc([C@H]2CC(=O)C3=C(C2)Nc2onc(C)c2[C@H]3c2ccc(SC)cc2)ccc1O. The number of rotatable bonds is 4. The van der Waals surface area contributed by atoms with Crippen LogP contribution in [0.1, 0.15) is 47.1 Å². The molecule has 1 aliphatic heterocycles. The normalized spacial score (nSPS) is 19.9. The molecule has 7 heteroatoms. The molecule has 2 heterocycles. The van der Waals surface area contributed by atoms with Crippen molar-refractivity contribution in [3.05, 3.63) is 76.1 Å². The third kappa shape index (κ3) is 3.37. The fourth-order valence-corrected chi connectivity index (χ4v) is 5.19. The van der Waals surface area contributed by atoms with E-state index >= 15 is 0 Å². The van der Waals surface area contributed by atoms with Gasteiger partial charge < -0.3 is 19.7 Å². The lowest BCUT2D eigenvalue weighted by Gasteiger charge is -2.34. The maximum atomic E-state index is 13.5. The monoisotopic (exact) mass is 448 g/mol. The number of phenols is 1. The summed E-state index contributed by atoms with van der Waals surface area (Å²) in [4.78, 5) is 14.7. The van der Waals surface area contributed by atoms with E-state index in [0.717, 1.165) is 33.7 Å². The van der Waals surface area contributed by atoms with Crippen molar-refractivity contribution >= 4 is 23.4 Å². The Morgan fingerprint density at radius 2 is 1.91 bits per heavy atom. The number of phenolic OH excluding ortho intramolecular Hbond substituents is 1. The molecule has 6 nitrogen and oxygen atoms in total. The van der Waals surface area contributed by atoms with Crippen molar-refractivity contribution in [2.45, 2.75) is 36.5 Å². The van der Waals surface area contributed by atoms with E-state index in [0.29, 0.717) is 24.5 Å². The molecule has 3 aromatic rings.